The van der Waals surface area contributed by atoms with Gasteiger partial charge in [-0.05, 0) is 30.7 Å². The zero-order valence-corrected chi connectivity index (χ0v) is 11.9. The van der Waals surface area contributed by atoms with E-state index in [0.717, 1.165) is 30.1 Å². The number of hydrogen-bond acceptors (Lipinski definition) is 3. The molecule has 2 aromatic heterocycles. The number of halogens is 1. The van der Waals surface area contributed by atoms with Gasteiger partial charge in [0.15, 0.2) is 0 Å². The van der Waals surface area contributed by atoms with E-state index in [9.17, 15) is 4.39 Å². The monoisotopic (exact) mass is 298 g/mol. The first kappa shape index (κ1) is 13.2. The number of hydrogen-bond donors (Lipinski definition) is 0. The van der Waals surface area contributed by atoms with E-state index in [2.05, 4.69) is 14.6 Å². The molecule has 1 aromatic carbocycles. The maximum atomic E-state index is 13.8. The Morgan fingerprint density at radius 1 is 1.23 bits per heavy atom. The van der Waals surface area contributed by atoms with Gasteiger partial charge in [0.05, 0.1) is 18.3 Å². The van der Waals surface area contributed by atoms with Crippen molar-refractivity contribution >= 4 is 0 Å². The van der Waals surface area contributed by atoms with Crippen LogP contribution in [0, 0.1) is 5.82 Å². The van der Waals surface area contributed by atoms with Gasteiger partial charge in [-0.1, -0.05) is 0 Å². The van der Waals surface area contributed by atoms with E-state index < -0.39 is 0 Å². The Kier molecular flexibility index (Phi) is 3.23. The van der Waals surface area contributed by atoms with Crippen LogP contribution in [0.15, 0.2) is 49.1 Å². The van der Waals surface area contributed by atoms with E-state index in [1.54, 1.807) is 23.1 Å². The van der Waals surface area contributed by atoms with E-state index in [1.807, 2.05) is 18.5 Å². The second-order valence-electron chi connectivity index (χ2n) is 5.29. The topological polar surface area (TPSA) is 44.9 Å². The van der Waals surface area contributed by atoms with Crippen molar-refractivity contribution in [2.75, 3.05) is 13.2 Å². The maximum Gasteiger partial charge on any atom is 0.142 e. The third kappa shape index (κ3) is 2.21. The number of rotatable bonds is 3. The molecule has 0 radical (unpaired) electrons. The molecule has 3 heterocycles. The lowest BCUT2D eigenvalue weighted by Crippen LogP contribution is -2.10. The largest absolute Gasteiger partial charge is 0.379 e. The van der Waals surface area contributed by atoms with Crippen LogP contribution in [0.1, 0.15) is 12.5 Å². The summed E-state index contributed by atoms with van der Waals surface area (Å²) in [7, 11) is 0. The minimum atomic E-state index is -0.289. The fraction of sp³-hybridized carbons (Fsp3) is 0.250. The number of nitrogens with zero attached hydrogens (tertiary/aromatic N) is 4. The van der Waals surface area contributed by atoms with Crippen LogP contribution >= 0.6 is 0 Å². The summed E-state index contributed by atoms with van der Waals surface area (Å²) >= 11 is 0. The normalized spacial score (nSPS) is 18.0. The molecule has 4 rings (SSSR count). The second-order valence-corrected chi connectivity index (χ2v) is 5.29. The van der Waals surface area contributed by atoms with Gasteiger partial charge in [0.1, 0.15) is 11.6 Å². The molecule has 1 aliphatic rings. The smallest absolute Gasteiger partial charge is 0.142 e. The Balaban J connectivity index is 1.86. The van der Waals surface area contributed by atoms with E-state index in [4.69, 9.17) is 4.74 Å². The van der Waals surface area contributed by atoms with Crippen molar-refractivity contribution in [3.05, 3.63) is 54.9 Å². The molecule has 1 aliphatic heterocycles. The quantitative estimate of drug-likeness (QED) is 0.747. The molecule has 1 unspecified atom stereocenters. The molecule has 6 heteroatoms. The SMILES string of the molecule is Fc1ccc(-n2cccn2)c(-c2nccn2C2CCOC2)c1. The molecule has 0 spiro atoms. The van der Waals surface area contributed by atoms with E-state index >= 15 is 0 Å². The fourth-order valence-electron chi connectivity index (χ4n) is 2.86. The predicted molar refractivity (Wildman–Crippen MR) is 79.2 cm³/mol. The van der Waals surface area contributed by atoms with E-state index in [-0.39, 0.29) is 11.9 Å². The van der Waals surface area contributed by atoms with E-state index in [0.29, 0.717) is 6.61 Å². The number of imidazole rings is 1. The molecular weight excluding hydrogens is 283 g/mol. The van der Waals surface area contributed by atoms with Crippen molar-refractivity contribution in [3.63, 3.8) is 0 Å². The Labute approximate surface area is 127 Å². The molecule has 112 valence electrons. The van der Waals surface area contributed by atoms with Gasteiger partial charge in [0.25, 0.3) is 0 Å². The molecule has 22 heavy (non-hydrogen) atoms. The van der Waals surface area contributed by atoms with Gasteiger partial charge in [-0.2, -0.15) is 5.10 Å². The average molecular weight is 298 g/mol. The lowest BCUT2D eigenvalue weighted by atomic mass is 10.1. The van der Waals surface area contributed by atoms with Gasteiger partial charge < -0.3 is 9.30 Å². The van der Waals surface area contributed by atoms with Crippen LogP contribution in [0.5, 0.6) is 0 Å². The lowest BCUT2D eigenvalue weighted by molar-refractivity contribution is 0.187. The molecule has 5 nitrogen and oxygen atoms in total. The Bertz CT molecular complexity index is 775. The molecule has 0 N–H and O–H groups in total. The first-order valence-corrected chi connectivity index (χ1v) is 7.23. The Morgan fingerprint density at radius 3 is 2.95 bits per heavy atom. The maximum absolute atomic E-state index is 13.8. The summed E-state index contributed by atoms with van der Waals surface area (Å²) in [5.74, 6) is 0.448. The van der Waals surface area contributed by atoms with Crippen LogP contribution < -0.4 is 0 Å². The molecule has 0 bridgehead atoms. The minimum Gasteiger partial charge on any atom is -0.379 e. The summed E-state index contributed by atoms with van der Waals surface area (Å²) in [6, 6.07) is 6.75. The molecule has 1 saturated heterocycles. The highest BCUT2D eigenvalue weighted by molar-refractivity contribution is 5.68. The average Bonchev–Trinajstić information content (AvgIpc) is 3.27. The standard InChI is InChI=1S/C16H15FN4O/c17-12-2-3-15(21-7-1-5-19-21)14(10-12)16-18-6-8-20(16)13-4-9-22-11-13/h1-3,5-8,10,13H,4,9,11H2. The summed E-state index contributed by atoms with van der Waals surface area (Å²) in [4.78, 5) is 4.44. The van der Waals surface area contributed by atoms with Crippen molar-refractivity contribution in [1.82, 2.24) is 19.3 Å². The van der Waals surface area contributed by atoms with Crippen molar-refractivity contribution in [1.29, 1.82) is 0 Å². The van der Waals surface area contributed by atoms with Crippen molar-refractivity contribution in [3.8, 4) is 17.1 Å². The van der Waals surface area contributed by atoms with E-state index in [1.165, 1.54) is 12.1 Å². The van der Waals surface area contributed by atoms with Gasteiger partial charge in [-0.25, -0.2) is 14.1 Å². The molecule has 1 atom stereocenters. The first-order chi connectivity index (χ1) is 10.8. The van der Waals surface area contributed by atoms with Crippen LogP contribution in [-0.2, 0) is 4.74 Å². The zero-order valence-electron chi connectivity index (χ0n) is 11.9. The van der Waals surface area contributed by atoms with Crippen molar-refractivity contribution < 1.29 is 9.13 Å². The molecular formula is C16H15FN4O. The highest BCUT2D eigenvalue weighted by Gasteiger charge is 2.22. The summed E-state index contributed by atoms with van der Waals surface area (Å²) in [6.07, 6.45) is 8.14. The van der Waals surface area contributed by atoms with Crippen LogP contribution in [0.3, 0.4) is 0 Å². The van der Waals surface area contributed by atoms with Gasteiger partial charge in [-0.3, -0.25) is 0 Å². The molecule has 0 amide bonds. The molecule has 0 saturated carbocycles. The van der Waals surface area contributed by atoms with Crippen LogP contribution in [-0.4, -0.2) is 32.5 Å². The van der Waals surface area contributed by atoms with Gasteiger partial charge in [-0.15, -0.1) is 0 Å². The van der Waals surface area contributed by atoms with Gasteiger partial charge >= 0.3 is 0 Å². The zero-order chi connectivity index (χ0) is 14.9. The number of benzene rings is 1. The number of ether oxygens (including phenoxy) is 1. The van der Waals surface area contributed by atoms with Crippen molar-refractivity contribution in [2.45, 2.75) is 12.5 Å². The predicted octanol–water partition coefficient (Wildman–Crippen LogP) is 2.84. The molecule has 0 aliphatic carbocycles. The van der Waals surface area contributed by atoms with Crippen molar-refractivity contribution in [2.24, 2.45) is 0 Å². The number of aromatic nitrogens is 4. The minimum absolute atomic E-state index is 0.242. The summed E-state index contributed by atoms with van der Waals surface area (Å²) in [6.45, 7) is 1.41. The second kappa shape index (κ2) is 5.38. The highest BCUT2D eigenvalue weighted by Crippen LogP contribution is 2.30. The van der Waals surface area contributed by atoms with Gasteiger partial charge in [0, 0.05) is 37.0 Å². The fourth-order valence-corrected chi connectivity index (χ4v) is 2.86. The van der Waals surface area contributed by atoms with Gasteiger partial charge in [0.2, 0.25) is 0 Å². The highest BCUT2D eigenvalue weighted by atomic mass is 19.1. The lowest BCUT2D eigenvalue weighted by Gasteiger charge is -2.16. The van der Waals surface area contributed by atoms with Crippen LogP contribution in [0.4, 0.5) is 4.39 Å². The van der Waals surface area contributed by atoms with Crippen LogP contribution in [0.2, 0.25) is 0 Å². The summed E-state index contributed by atoms with van der Waals surface area (Å²) in [5.41, 5.74) is 1.53. The third-order valence-electron chi connectivity index (χ3n) is 3.92. The Morgan fingerprint density at radius 2 is 2.18 bits per heavy atom. The Hall–Kier alpha value is -2.47. The molecule has 1 fully saturated rings. The summed E-state index contributed by atoms with van der Waals surface area (Å²) < 4.78 is 23.0. The van der Waals surface area contributed by atoms with Crippen LogP contribution in [0.25, 0.3) is 17.1 Å². The molecule has 3 aromatic rings. The first-order valence-electron chi connectivity index (χ1n) is 7.23. The summed E-state index contributed by atoms with van der Waals surface area (Å²) in [5, 5.41) is 4.25. The third-order valence-corrected chi connectivity index (χ3v) is 3.92.